The van der Waals surface area contributed by atoms with E-state index in [9.17, 15) is 14.4 Å². The Morgan fingerprint density at radius 1 is 1.00 bits per heavy atom. The Hall–Kier alpha value is -4.86. The van der Waals surface area contributed by atoms with Gasteiger partial charge in [0, 0.05) is 37.0 Å². The molecule has 2 atom stereocenters. The van der Waals surface area contributed by atoms with Gasteiger partial charge >= 0.3 is 12.1 Å². The molecule has 0 N–H and O–H groups in total. The fourth-order valence-electron chi connectivity index (χ4n) is 6.10. The molecule has 1 saturated heterocycles. The van der Waals surface area contributed by atoms with Crippen molar-refractivity contribution >= 4 is 34.7 Å². The summed E-state index contributed by atoms with van der Waals surface area (Å²) in [5.41, 5.74) is 4.18. The average Bonchev–Trinajstić information content (AvgIpc) is 3.47. The number of likely N-dealkylation sites (tertiary alicyclic amines) is 1. The molecule has 10 nitrogen and oxygen atoms in total. The van der Waals surface area contributed by atoms with E-state index in [1.807, 2.05) is 85.1 Å². The smallest absolute Gasteiger partial charge is 0.410 e. The molecular formula is C36H39N5O5. The van der Waals surface area contributed by atoms with Crippen LogP contribution in [0.25, 0.3) is 16.9 Å². The molecule has 10 heteroatoms. The minimum Gasteiger partial charge on any atom is -0.464 e. The molecule has 46 heavy (non-hydrogen) atoms. The first kappa shape index (κ1) is 31.1. The number of piperidine rings is 1. The third-order valence-corrected chi connectivity index (χ3v) is 8.92. The van der Waals surface area contributed by atoms with E-state index in [-0.39, 0.29) is 37.6 Å². The van der Waals surface area contributed by atoms with Gasteiger partial charge in [-0.25, -0.2) is 19.6 Å². The number of imidazole rings is 1. The van der Waals surface area contributed by atoms with Crippen LogP contribution in [0.1, 0.15) is 69.4 Å². The molecule has 1 amide bonds. The fraction of sp³-hybridized carbons (Fsp3) is 0.389. The van der Waals surface area contributed by atoms with Crippen molar-refractivity contribution in [3.05, 3.63) is 89.9 Å². The SMILES string of the molecule is CCOC(=O)[C@H](Cc1ccc(-n2c([C@@H]3CCCCN3C(=O)OCc3ccccc3)nc3cccnc32)cc1)N=C1CC(=O)C1(C)C. The summed E-state index contributed by atoms with van der Waals surface area (Å²) < 4.78 is 13.1. The lowest BCUT2D eigenvalue weighted by molar-refractivity contribution is -0.144. The maximum Gasteiger partial charge on any atom is 0.410 e. The van der Waals surface area contributed by atoms with Crippen molar-refractivity contribution < 1.29 is 23.9 Å². The molecule has 3 heterocycles. The molecule has 0 radical (unpaired) electrons. The summed E-state index contributed by atoms with van der Waals surface area (Å²) in [5, 5.41) is 0. The molecule has 2 aromatic carbocycles. The number of aliphatic imine (C=N–C) groups is 1. The molecule has 0 spiro atoms. The highest BCUT2D eigenvalue weighted by Gasteiger charge is 2.44. The van der Waals surface area contributed by atoms with Gasteiger partial charge in [0.2, 0.25) is 0 Å². The molecule has 0 unspecified atom stereocenters. The third kappa shape index (κ3) is 6.29. The lowest BCUT2D eigenvalue weighted by Gasteiger charge is -2.35. The lowest BCUT2D eigenvalue weighted by Crippen LogP contribution is -2.47. The highest BCUT2D eigenvalue weighted by molar-refractivity contribution is 6.26. The van der Waals surface area contributed by atoms with Crippen LogP contribution < -0.4 is 0 Å². The van der Waals surface area contributed by atoms with Crippen LogP contribution >= 0.6 is 0 Å². The van der Waals surface area contributed by atoms with Gasteiger partial charge in [-0.3, -0.25) is 19.3 Å². The number of rotatable bonds is 9. The van der Waals surface area contributed by atoms with E-state index in [4.69, 9.17) is 19.5 Å². The second kappa shape index (κ2) is 13.2. The monoisotopic (exact) mass is 621 g/mol. The highest BCUT2D eigenvalue weighted by atomic mass is 16.6. The summed E-state index contributed by atoms with van der Waals surface area (Å²) >= 11 is 0. The van der Waals surface area contributed by atoms with Gasteiger partial charge in [-0.2, -0.15) is 0 Å². The van der Waals surface area contributed by atoms with E-state index in [0.29, 0.717) is 18.6 Å². The van der Waals surface area contributed by atoms with Crippen LogP contribution in [0.2, 0.25) is 0 Å². The first-order chi connectivity index (χ1) is 22.3. The molecule has 238 valence electrons. The zero-order valence-electron chi connectivity index (χ0n) is 26.5. The Balaban J connectivity index is 1.28. The zero-order chi connectivity index (χ0) is 32.3. The number of amides is 1. The Bertz CT molecular complexity index is 1760. The van der Waals surface area contributed by atoms with Gasteiger partial charge in [0.25, 0.3) is 0 Å². The average molecular weight is 622 g/mol. The van der Waals surface area contributed by atoms with E-state index < -0.39 is 17.4 Å². The Kier molecular flexibility index (Phi) is 8.96. The van der Waals surface area contributed by atoms with Crippen LogP contribution in [0.15, 0.2) is 77.9 Å². The number of hydrogen-bond donors (Lipinski definition) is 0. The van der Waals surface area contributed by atoms with Crippen molar-refractivity contribution in [3.8, 4) is 5.69 Å². The number of ketones is 1. The number of aromatic nitrogens is 3. The minimum atomic E-state index is -0.739. The summed E-state index contributed by atoms with van der Waals surface area (Å²) in [7, 11) is 0. The van der Waals surface area contributed by atoms with Gasteiger partial charge in [0.1, 0.15) is 23.7 Å². The Labute approximate surface area is 268 Å². The number of nitrogens with zero attached hydrogens (tertiary/aromatic N) is 5. The number of ether oxygens (including phenoxy) is 2. The summed E-state index contributed by atoms with van der Waals surface area (Å²) in [6, 6.07) is 20.3. The lowest BCUT2D eigenvalue weighted by atomic mass is 9.68. The number of esters is 1. The summed E-state index contributed by atoms with van der Waals surface area (Å²) in [6.07, 6.45) is 4.59. The molecule has 1 aliphatic carbocycles. The van der Waals surface area contributed by atoms with Crippen molar-refractivity contribution in [1.82, 2.24) is 19.4 Å². The summed E-state index contributed by atoms with van der Waals surface area (Å²) in [6.45, 7) is 6.48. The number of pyridine rings is 1. The van der Waals surface area contributed by atoms with Crippen LogP contribution in [-0.2, 0) is 32.1 Å². The van der Waals surface area contributed by atoms with Crippen molar-refractivity contribution in [2.45, 2.75) is 71.6 Å². The third-order valence-electron chi connectivity index (χ3n) is 8.92. The molecular weight excluding hydrogens is 582 g/mol. The number of benzene rings is 2. The number of fused-ring (bicyclic) bond motifs is 1. The molecule has 2 aliphatic rings. The van der Waals surface area contributed by atoms with Crippen LogP contribution in [0, 0.1) is 5.41 Å². The van der Waals surface area contributed by atoms with E-state index in [0.717, 1.165) is 53.1 Å². The van der Waals surface area contributed by atoms with Crippen LogP contribution in [-0.4, -0.2) is 62.2 Å². The van der Waals surface area contributed by atoms with Crippen LogP contribution in [0.3, 0.4) is 0 Å². The number of carbonyl (C=O) groups is 3. The first-order valence-electron chi connectivity index (χ1n) is 15.9. The summed E-state index contributed by atoms with van der Waals surface area (Å²) in [4.78, 5) is 54.5. The Morgan fingerprint density at radius 2 is 1.78 bits per heavy atom. The molecule has 1 aliphatic heterocycles. The number of hydrogen-bond acceptors (Lipinski definition) is 8. The predicted octanol–water partition coefficient (Wildman–Crippen LogP) is 6.20. The molecule has 6 rings (SSSR count). The fourth-order valence-corrected chi connectivity index (χ4v) is 6.10. The molecule has 2 fully saturated rings. The van der Waals surface area contributed by atoms with Gasteiger partial charge in [0.15, 0.2) is 11.7 Å². The Morgan fingerprint density at radius 3 is 2.50 bits per heavy atom. The van der Waals surface area contributed by atoms with Gasteiger partial charge in [-0.15, -0.1) is 0 Å². The quantitative estimate of drug-likeness (QED) is 0.204. The minimum absolute atomic E-state index is 0.121. The van der Waals surface area contributed by atoms with Crippen molar-refractivity contribution in [1.29, 1.82) is 0 Å². The number of carbonyl (C=O) groups excluding carboxylic acids is 3. The zero-order valence-corrected chi connectivity index (χ0v) is 26.5. The van der Waals surface area contributed by atoms with Crippen LogP contribution in [0.5, 0.6) is 0 Å². The predicted molar refractivity (Wildman–Crippen MR) is 174 cm³/mol. The first-order valence-corrected chi connectivity index (χ1v) is 15.9. The second-order valence-electron chi connectivity index (χ2n) is 12.3. The van der Waals surface area contributed by atoms with Gasteiger partial charge in [-0.05, 0) is 75.4 Å². The van der Waals surface area contributed by atoms with Crippen molar-refractivity contribution in [2.75, 3.05) is 13.2 Å². The second-order valence-corrected chi connectivity index (χ2v) is 12.3. The van der Waals surface area contributed by atoms with E-state index in [1.54, 1.807) is 18.0 Å². The van der Waals surface area contributed by atoms with E-state index >= 15 is 0 Å². The highest BCUT2D eigenvalue weighted by Crippen LogP contribution is 2.36. The maximum absolute atomic E-state index is 13.4. The number of Topliss-reactive ketones (excluding diaryl/α,β-unsaturated/α-hetero) is 1. The molecule has 0 bridgehead atoms. The van der Waals surface area contributed by atoms with Crippen molar-refractivity contribution in [2.24, 2.45) is 10.4 Å². The maximum atomic E-state index is 13.4. The van der Waals surface area contributed by atoms with E-state index in [2.05, 4.69) is 4.98 Å². The summed E-state index contributed by atoms with van der Waals surface area (Å²) in [5.74, 6) is 0.444. The van der Waals surface area contributed by atoms with Crippen LogP contribution in [0.4, 0.5) is 4.79 Å². The molecule has 2 aromatic heterocycles. The normalized spacial score (nSPS) is 19.1. The van der Waals surface area contributed by atoms with Gasteiger partial charge < -0.3 is 9.47 Å². The molecule has 1 saturated carbocycles. The van der Waals surface area contributed by atoms with Gasteiger partial charge in [0.05, 0.1) is 18.1 Å². The standard InChI is InChI=1S/C36H39N5O5/c1-4-45-34(43)28(38-30-22-31(42)36(30,2)3)21-24-15-17-26(18-16-24)41-32-27(13-10-19-37-32)39-33(41)29-14-8-9-20-40(29)35(44)46-23-25-11-6-5-7-12-25/h5-7,10-13,15-19,28-29H,4,8-9,14,20-23H2,1-3H3/t28-,29-/m0/s1. The topological polar surface area (TPSA) is 116 Å². The van der Waals surface area contributed by atoms with Gasteiger partial charge in [-0.1, -0.05) is 42.5 Å². The molecule has 4 aromatic rings. The largest absolute Gasteiger partial charge is 0.464 e. The van der Waals surface area contributed by atoms with E-state index in [1.165, 1.54) is 0 Å². The van der Waals surface area contributed by atoms with Crippen molar-refractivity contribution in [3.63, 3.8) is 0 Å².